The number of piperidine rings is 1. The molecule has 6 nitrogen and oxygen atoms in total. The lowest BCUT2D eigenvalue weighted by atomic mass is 10.0. The first kappa shape index (κ1) is 19.9. The minimum Gasteiger partial charge on any atom is -0.383 e. The van der Waals surface area contributed by atoms with Crippen LogP contribution in [0, 0.1) is 0 Å². The van der Waals surface area contributed by atoms with Crippen molar-refractivity contribution >= 4 is 17.7 Å². The van der Waals surface area contributed by atoms with E-state index < -0.39 is 0 Å². The first-order valence-electron chi connectivity index (χ1n) is 9.56. The van der Waals surface area contributed by atoms with E-state index in [4.69, 9.17) is 4.74 Å². The Labute approximate surface area is 165 Å². The largest absolute Gasteiger partial charge is 0.383 e. The van der Waals surface area contributed by atoms with Gasteiger partial charge in [-0.2, -0.15) is 0 Å². The van der Waals surface area contributed by atoms with Crippen LogP contribution in [0.1, 0.15) is 37.6 Å². The van der Waals surface area contributed by atoms with Crippen molar-refractivity contribution in [3.05, 3.63) is 41.7 Å². The highest BCUT2D eigenvalue weighted by Gasteiger charge is 2.24. The molecule has 0 aliphatic carbocycles. The van der Waals surface area contributed by atoms with Crippen LogP contribution in [0.4, 0.5) is 0 Å². The zero-order chi connectivity index (χ0) is 19.1. The van der Waals surface area contributed by atoms with E-state index in [1.165, 1.54) is 23.7 Å². The smallest absolute Gasteiger partial charge is 0.233 e. The van der Waals surface area contributed by atoms with Gasteiger partial charge in [-0.15, -0.1) is 10.2 Å². The Morgan fingerprint density at radius 3 is 2.81 bits per heavy atom. The van der Waals surface area contributed by atoms with Gasteiger partial charge in [-0.05, 0) is 31.7 Å². The number of thioether (sulfide) groups is 1. The molecular weight excluding hydrogens is 360 g/mol. The van der Waals surface area contributed by atoms with Crippen molar-refractivity contribution in [1.82, 2.24) is 19.7 Å². The Morgan fingerprint density at radius 2 is 2.07 bits per heavy atom. The summed E-state index contributed by atoms with van der Waals surface area (Å²) in [5, 5.41) is 9.52. The Bertz CT molecular complexity index is 735. The van der Waals surface area contributed by atoms with Crippen LogP contribution in [0.5, 0.6) is 0 Å². The van der Waals surface area contributed by atoms with Crippen molar-refractivity contribution in [3.8, 4) is 0 Å². The predicted molar refractivity (Wildman–Crippen MR) is 107 cm³/mol. The van der Waals surface area contributed by atoms with E-state index in [0.717, 1.165) is 36.8 Å². The summed E-state index contributed by atoms with van der Waals surface area (Å²) < 4.78 is 7.33. The van der Waals surface area contributed by atoms with Crippen molar-refractivity contribution in [3.63, 3.8) is 0 Å². The second-order valence-corrected chi connectivity index (χ2v) is 7.87. The molecule has 0 N–H and O–H groups in total. The SMILES string of the molecule is COCCn1c(Cc2ccccc2)nnc1SCC(=O)N1CCCC[C@H]1C. The maximum absolute atomic E-state index is 12.6. The fourth-order valence-electron chi connectivity index (χ4n) is 3.42. The minimum atomic E-state index is 0.193. The molecule has 0 saturated carbocycles. The van der Waals surface area contributed by atoms with E-state index in [2.05, 4.69) is 33.8 Å². The van der Waals surface area contributed by atoms with Gasteiger partial charge >= 0.3 is 0 Å². The fraction of sp³-hybridized carbons (Fsp3) is 0.550. The van der Waals surface area contributed by atoms with Crippen LogP contribution in [0.25, 0.3) is 0 Å². The van der Waals surface area contributed by atoms with Crippen LogP contribution < -0.4 is 0 Å². The standard InChI is InChI=1S/C20H28N4O2S/c1-16-8-6-7-11-23(16)19(25)15-27-20-22-21-18(24(20)12-13-26-2)14-17-9-4-3-5-10-17/h3-5,9-10,16H,6-8,11-15H2,1-2H3/t16-/m1/s1. The number of ether oxygens (including phenoxy) is 1. The number of likely N-dealkylation sites (tertiary alicyclic amines) is 1. The summed E-state index contributed by atoms with van der Waals surface area (Å²) in [6.07, 6.45) is 4.13. The van der Waals surface area contributed by atoms with Gasteiger partial charge in [-0.1, -0.05) is 42.1 Å². The highest BCUT2D eigenvalue weighted by Crippen LogP contribution is 2.22. The summed E-state index contributed by atoms with van der Waals surface area (Å²) in [4.78, 5) is 14.6. The van der Waals surface area contributed by atoms with Crippen LogP contribution >= 0.6 is 11.8 Å². The normalized spacial score (nSPS) is 17.3. The number of carbonyl (C=O) groups excluding carboxylic acids is 1. The minimum absolute atomic E-state index is 0.193. The topological polar surface area (TPSA) is 60.2 Å². The third kappa shape index (κ3) is 5.32. The Hall–Kier alpha value is -1.86. The van der Waals surface area contributed by atoms with Crippen molar-refractivity contribution in [2.24, 2.45) is 0 Å². The predicted octanol–water partition coefficient (Wildman–Crippen LogP) is 3.01. The van der Waals surface area contributed by atoms with Crippen molar-refractivity contribution in [1.29, 1.82) is 0 Å². The third-order valence-corrected chi connectivity index (χ3v) is 5.92. The van der Waals surface area contributed by atoms with E-state index >= 15 is 0 Å². The van der Waals surface area contributed by atoms with Gasteiger partial charge in [0.1, 0.15) is 5.82 Å². The Morgan fingerprint density at radius 1 is 1.26 bits per heavy atom. The van der Waals surface area contributed by atoms with Gasteiger partial charge < -0.3 is 14.2 Å². The summed E-state index contributed by atoms with van der Waals surface area (Å²) in [7, 11) is 1.69. The van der Waals surface area contributed by atoms with Gasteiger partial charge in [0.2, 0.25) is 5.91 Å². The van der Waals surface area contributed by atoms with Gasteiger partial charge in [-0.3, -0.25) is 4.79 Å². The zero-order valence-electron chi connectivity index (χ0n) is 16.1. The fourth-order valence-corrected chi connectivity index (χ4v) is 4.29. The molecule has 2 aromatic rings. The second-order valence-electron chi connectivity index (χ2n) is 6.93. The van der Waals surface area contributed by atoms with Crippen LogP contribution in [0.15, 0.2) is 35.5 Å². The summed E-state index contributed by atoms with van der Waals surface area (Å²) in [5.74, 6) is 1.50. The van der Waals surface area contributed by atoms with E-state index in [1.807, 2.05) is 23.1 Å². The maximum atomic E-state index is 12.6. The molecule has 0 unspecified atom stereocenters. The van der Waals surface area contributed by atoms with Gasteiger partial charge in [0.15, 0.2) is 5.16 Å². The van der Waals surface area contributed by atoms with Gasteiger partial charge in [-0.25, -0.2) is 0 Å². The lowest BCUT2D eigenvalue weighted by Crippen LogP contribution is -2.43. The molecule has 1 aromatic heterocycles. The zero-order valence-corrected chi connectivity index (χ0v) is 17.0. The van der Waals surface area contributed by atoms with Gasteiger partial charge in [0, 0.05) is 32.7 Å². The molecule has 1 fully saturated rings. The van der Waals surface area contributed by atoms with Crippen LogP contribution in [0.3, 0.4) is 0 Å². The van der Waals surface area contributed by atoms with Crippen molar-refractivity contribution in [2.45, 2.75) is 50.4 Å². The van der Waals surface area contributed by atoms with Gasteiger partial charge in [0.25, 0.3) is 0 Å². The molecule has 1 aliphatic heterocycles. The van der Waals surface area contributed by atoms with Crippen LogP contribution in [-0.4, -0.2) is 57.6 Å². The summed E-state index contributed by atoms with van der Waals surface area (Å²) in [6.45, 7) is 4.28. The molecule has 1 saturated heterocycles. The highest BCUT2D eigenvalue weighted by atomic mass is 32.2. The van der Waals surface area contributed by atoms with E-state index in [9.17, 15) is 4.79 Å². The number of nitrogens with zero attached hydrogens (tertiary/aromatic N) is 4. The number of rotatable bonds is 8. The van der Waals surface area contributed by atoms with Crippen molar-refractivity contribution in [2.75, 3.05) is 26.0 Å². The molecule has 2 heterocycles. The molecule has 3 rings (SSSR count). The molecule has 0 radical (unpaired) electrons. The summed E-state index contributed by atoms with van der Waals surface area (Å²) in [6, 6.07) is 10.6. The second kappa shape index (κ2) is 9.90. The number of benzene rings is 1. The monoisotopic (exact) mass is 388 g/mol. The van der Waals surface area contributed by atoms with Crippen LogP contribution in [-0.2, 0) is 22.5 Å². The average Bonchev–Trinajstić information content (AvgIpc) is 3.07. The van der Waals surface area contributed by atoms with E-state index in [1.54, 1.807) is 7.11 Å². The Kier molecular flexibility index (Phi) is 7.29. The number of hydrogen-bond donors (Lipinski definition) is 0. The number of carbonyl (C=O) groups is 1. The highest BCUT2D eigenvalue weighted by molar-refractivity contribution is 7.99. The molecule has 7 heteroatoms. The summed E-state index contributed by atoms with van der Waals surface area (Å²) >= 11 is 1.48. The molecular formula is C20H28N4O2S. The Balaban J connectivity index is 1.67. The number of hydrogen-bond acceptors (Lipinski definition) is 5. The lowest BCUT2D eigenvalue weighted by Gasteiger charge is -2.33. The molecule has 1 aliphatic rings. The maximum Gasteiger partial charge on any atom is 0.233 e. The molecule has 27 heavy (non-hydrogen) atoms. The lowest BCUT2D eigenvalue weighted by molar-refractivity contribution is -0.131. The molecule has 1 aromatic carbocycles. The molecule has 0 spiro atoms. The number of methoxy groups -OCH3 is 1. The van der Waals surface area contributed by atoms with Gasteiger partial charge in [0.05, 0.1) is 12.4 Å². The molecule has 0 bridgehead atoms. The third-order valence-electron chi connectivity index (χ3n) is 4.97. The van der Waals surface area contributed by atoms with E-state index in [-0.39, 0.29) is 5.91 Å². The van der Waals surface area contributed by atoms with E-state index in [0.29, 0.717) is 24.9 Å². The molecule has 1 amide bonds. The first-order chi connectivity index (χ1) is 13.2. The number of amides is 1. The summed E-state index contributed by atoms with van der Waals surface area (Å²) in [5.41, 5.74) is 1.19. The first-order valence-corrected chi connectivity index (χ1v) is 10.5. The molecule has 146 valence electrons. The van der Waals surface area contributed by atoms with Crippen molar-refractivity contribution < 1.29 is 9.53 Å². The van der Waals surface area contributed by atoms with Crippen LogP contribution in [0.2, 0.25) is 0 Å². The molecule has 1 atom stereocenters. The number of aromatic nitrogens is 3. The average molecular weight is 389 g/mol. The quantitative estimate of drug-likeness (QED) is 0.651.